The Morgan fingerprint density at radius 1 is 1.33 bits per heavy atom. The highest BCUT2D eigenvalue weighted by atomic mass is 79.9. The van der Waals surface area contributed by atoms with Crippen LogP contribution in [-0.4, -0.2) is 35.9 Å². The second-order valence-corrected chi connectivity index (χ2v) is 6.66. The van der Waals surface area contributed by atoms with Crippen LogP contribution >= 0.6 is 15.9 Å². The van der Waals surface area contributed by atoms with Gasteiger partial charge < -0.3 is 9.67 Å². The maximum Gasteiger partial charge on any atom is 0.332 e. The van der Waals surface area contributed by atoms with E-state index in [0.29, 0.717) is 5.56 Å². The van der Waals surface area contributed by atoms with Gasteiger partial charge >= 0.3 is 5.69 Å². The average molecular weight is 435 g/mol. The molecular formula is C16H15BrN6O4. The molecule has 0 saturated carbocycles. The molecule has 3 rings (SSSR count). The van der Waals surface area contributed by atoms with E-state index in [9.17, 15) is 19.5 Å². The summed E-state index contributed by atoms with van der Waals surface area (Å²) in [5.41, 5.74) is 2.03. The Hall–Kier alpha value is -3.21. The molecule has 11 heteroatoms. The van der Waals surface area contributed by atoms with E-state index >= 15 is 0 Å². The molecule has 2 heterocycles. The predicted molar refractivity (Wildman–Crippen MR) is 102 cm³/mol. The van der Waals surface area contributed by atoms with E-state index in [2.05, 4.69) is 31.4 Å². The highest BCUT2D eigenvalue weighted by Crippen LogP contribution is 2.19. The van der Waals surface area contributed by atoms with Crippen LogP contribution in [0.15, 0.2) is 43.7 Å². The van der Waals surface area contributed by atoms with E-state index in [1.54, 1.807) is 12.1 Å². The number of aromatic nitrogens is 4. The number of hydrogen-bond donors (Lipinski definition) is 2. The smallest absolute Gasteiger partial charge is 0.332 e. The summed E-state index contributed by atoms with van der Waals surface area (Å²) in [6, 6.07) is 4.80. The molecule has 2 N–H and O–H groups in total. The molecule has 0 bridgehead atoms. The molecule has 1 amide bonds. The number of aryl methyl sites for hydroxylation is 1. The second kappa shape index (κ2) is 7.19. The molecule has 0 saturated heterocycles. The summed E-state index contributed by atoms with van der Waals surface area (Å²) in [5.74, 6) is -0.489. The molecule has 1 aromatic carbocycles. The van der Waals surface area contributed by atoms with Crippen molar-refractivity contribution in [3.63, 3.8) is 0 Å². The zero-order valence-corrected chi connectivity index (χ0v) is 16.0. The van der Waals surface area contributed by atoms with Crippen molar-refractivity contribution in [2.75, 3.05) is 0 Å². The third-order valence-corrected chi connectivity index (χ3v) is 4.41. The van der Waals surface area contributed by atoms with Gasteiger partial charge in [-0.2, -0.15) is 5.10 Å². The van der Waals surface area contributed by atoms with Gasteiger partial charge in [0.1, 0.15) is 12.3 Å². The first-order valence-electron chi connectivity index (χ1n) is 7.71. The maximum absolute atomic E-state index is 12.3. The third kappa shape index (κ3) is 3.53. The molecule has 0 unspecified atom stereocenters. The van der Waals surface area contributed by atoms with Gasteiger partial charge in [-0.3, -0.25) is 18.7 Å². The zero-order valence-electron chi connectivity index (χ0n) is 14.4. The molecule has 0 spiro atoms. The number of hydrazone groups is 1. The quantitative estimate of drug-likeness (QED) is 0.443. The van der Waals surface area contributed by atoms with Crippen molar-refractivity contribution in [3.8, 4) is 5.75 Å². The number of carbonyl (C=O) groups excluding carboxylic acids is 1. The SMILES string of the molecule is Cn1c(=O)c2c(ncn2CC(=O)N/N=C\c2cc(Br)ccc2O)n(C)c1=O. The number of nitrogens with zero attached hydrogens (tertiary/aromatic N) is 5. The molecule has 27 heavy (non-hydrogen) atoms. The fourth-order valence-electron chi connectivity index (χ4n) is 2.51. The third-order valence-electron chi connectivity index (χ3n) is 3.91. The Morgan fingerprint density at radius 3 is 2.81 bits per heavy atom. The van der Waals surface area contributed by atoms with Crippen molar-refractivity contribution >= 4 is 39.2 Å². The van der Waals surface area contributed by atoms with E-state index in [-0.39, 0.29) is 23.5 Å². The molecule has 0 atom stereocenters. The van der Waals surface area contributed by atoms with Crippen molar-refractivity contribution in [1.82, 2.24) is 24.1 Å². The number of nitrogens with one attached hydrogen (secondary N) is 1. The van der Waals surface area contributed by atoms with Gasteiger partial charge in [0, 0.05) is 24.1 Å². The Bertz CT molecular complexity index is 1190. The number of amides is 1. The summed E-state index contributed by atoms with van der Waals surface area (Å²) in [7, 11) is 2.85. The number of aromatic hydroxyl groups is 1. The minimum Gasteiger partial charge on any atom is -0.507 e. The van der Waals surface area contributed by atoms with Crippen LogP contribution in [0.4, 0.5) is 0 Å². The minimum atomic E-state index is -0.541. The van der Waals surface area contributed by atoms with Crippen LogP contribution in [0.5, 0.6) is 5.75 Å². The molecule has 140 valence electrons. The number of carbonyl (C=O) groups is 1. The molecule has 2 aromatic heterocycles. The van der Waals surface area contributed by atoms with E-state index in [4.69, 9.17) is 0 Å². The van der Waals surface area contributed by atoms with Crippen LogP contribution in [0.1, 0.15) is 5.56 Å². The number of halogens is 1. The lowest BCUT2D eigenvalue weighted by Gasteiger charge is -2.06. The molecule has 10 nitrogen and oxygen atoms in total. The molecule has 0 fully saturated rings. The number of hydrogen-bond acceptors (Lipinski definition) is 6. The minimum absolute atomic E-state index is 0.0150. The number of benzene rings is 1. The number of phenolic OH excluding ortho intramolecular Hbond substituents is 1. The molecule has 0 aliphatic carbocycles. The van der Waals surface area contributed by atoms with E-state index in [0.717, 1.165) is 9.04 Å². The number of rotatable bonds is 4. The maximum atomic E-state index is 12.3. The lowest BCUT2D eigenvalue weighted by atomic mass is 10.2. The first-order chi connectivity index (χ1) is 12.8. The van der Waals surface area contributed by atoms with Gasteiger partial charge in [-0.25, -0.2) is 15.2 Å². The molecular weight excluding hydrogens is 420 g/mol. The standard InChI is InChI=1S/C16H15BrN6O4/c1-21-14-13(15(26)22(2)16(21)27)23(8-18-14)7-12(25)20-19-6-9-5-10(17)3-4-11(9)24/h3-6,8,24H,7H2,1-2H3,(H,20,25)/b19-6-. The van der Waals surface area contributed by atoms with Crippen molar-refractivity contribution in [1.29, 1.82) is 0 Å². The highest BCUT2D eigenvalue weighted by molar-refractivity contribution is 9.10. The van der Waals surface area contributed by atoms with Crippen molar-refractivity contribution < 1.29 is 9.90 Å². The largest absolute Gasteiger partial charge is 0.507 e. The normalized spacial score (nSPS) is 11.4. The Morgan fingerprint density at radius 2 is 2.07 bits per heavy atom. The summed E-state index contributed by atoms with van der Waals surface area (Å²) in [5, 5.41) is 13.5. The lowest BCUT2D eigenvalue weighted by Crippen LogP contribution is -2.38. The van der Waals surface area contributed by atoms with Gasteiger partial charge in [0.25, 0.3) is 11.5 Å². The Balaban J connectivity index is 1.81. The summed E-state index contributed by atoms with van der Waals surface area (Å²) in [6.45, 7) is -0.217. The van der Waals surface area contributed by atoms with Crippen molar-refractivity contribution in [2.45, 2.75) is 6.54 Å². The van der Waals surface area contributed by atoms with Crippen LogP contribution in [0.2, 0.25) is 0 Å². The molecule has 3 aromatic rings. The van der Waals surface area contributed by atoms with Gasteiger partial charge in [0.05, 0.1) is 12.5 Å². The Kier molecular flexibility index (Phi) is 4.95. The summed E-state index contributed by atoms with van der Waals surface area (Å²) in [4.78, 5) is 40.4. The highest BCUT2D eigenvalue weighted by Gasteiger charge is 2.15. The van der Waals surface area contributed by atoms with Crippen LogP contribution in [0, 0.1) is 0 Å². The summed E-state index contributed by atoms with van der Waals surface area (Å²) < 4.78 is 4.28. The number of phenols is 1. The second-order valence-electron chi connectivity index (χ2n) is 5.75. The zero-order chi connectivity index (χ0) is 19.7. The van der Waals surface area contributed by atoms with Gasteiger partial charge in [-0.15, -0.1) is 0 Å². The molecule has 0 radical (unpaired) electrons. The van der Waals surface area contributed by atoms with Gasteiger partial charge in [-0.1, -0.05) is 15.9 Å². The van der Waals surface area contributed by atoms with E-state index < -0.39 is 17.2 Å². The predicted octanol–water partition coefficient (Wildman–Crippen LogP) is 0.0521. The molecule has 0 aliphatic rings. The van der Waals surface area contributed by atoms with Crippen LogP contribution < -0.4 is 16.7 Å². The fourth-order valence-corrected chi connectivity index (χ4v) is 2.89. The monoisotopic (exact) mass is 434 g/mol. The molecule has 0 aliphatic heterocycles. The van der Waals surface area contributed by atoms with E-state index in [1.807, 2.05) is 0 Å². The number of imidazole rings is 1. The van der Waals surface area contributed by atoms with Gasteiger partial charge in [0.2, 0.25) is 0 Å². The van der Waals surface area contributed by atoms with E-state index in [1.165, 1.54) is 41.8 Å². The average Bonchev–Trinajstić information content (AvgIpc) is 3.04. The Labute approximate surface area is 160 Å². The van der Waals surface area contributed by atoms with Crippen LogP contribution in [0.3, 0.4) is 0 Å². The first kappa shape index (κ1) is 18.6. The van der Waals surface area contributed by atoms with Crippen LogP contribution in [-0.2, 0) is 25.4 Å². The van der Waals surface area contributed by atoms with Gasteiger partial charge in [-0.05, 0) is 18.2 Å². The topological polar surface area (TPSA) is 124 Å². The summed E-state index contributed by atoms with van der Waals surface area (Å²) in [6.07, 6.45) is 2.61. The van der Waals surface area contributed by atoms with Crippen molar-refractivity contribution in [2.24, 2.45) is 19.2 Å². The van der Waals surface area contributed by atoms with Crippen LogP contribution in [0.25, 0.3) is 11.2 Å². The summed E-state index contributed by atoms with van der Waals surface area (Å²) >= 11 is 3.28. The fraction of sp³-hybridized carbons (Fsp3) is 0.188. The number of fused-ring (bicyclic) bond motifs is 1. The van der Waals surface area contributed by atoms with Gasteiger partial charge in [0.15, 0.2) is 11.2 Å². The first-order valence-corrected chi connectivity index (χ1v) is 8.50. The lowest BCUT2D eigenvalue weighted by molar-refractivity contribution is -0.121. The van der Waals surface area contributed by atoms with Crippen molar-refractivity contribution in [3.05, 3.63) is 55.4 Å².